The molecule has 280 valence electrons. The molecule has 0 bridgehead atoms. The van der Waals surface area contributed by atoms with E-state index in [1.54, 1.807) is 0 Å². The van der Waals surface area contributed by atoms with Crippen LogP contribution in [0.4, 0.5) is 0 Å². The molecule has 3 heterocycles. The van der Waals surface area contributed by atoms with Gasteiger partial charge in [-0.15, -0.1) is 0 Å². The molecule has 0 fully saturated rings. The minimum absolute atomic E-state index is 0.682. The normalized spacial score (nSPS) is 11.7. The van der Waals surface area contributed by atoms with E-state index in [1.165, 1.54) is 54.5 Å². The van der Waals surface area contributed by atoms with E-state index in [0.29, 0.717) is 5.82 Å². The van der Waals surface area contributed by atoms with Gasteiger partial charge < -0.3 is 9.13 Å². The van der Waals surface area contributed by atoms with Crippen LogP contribution < -0.4 is 0 Å². The van der Waals surface area contributed by atoms with Crippen LogP contribution in [0.1, 0.15) is 0 Å². The maximum absolute atomic E-state index is 5.25. The van der Waals surface area contributed by atoms with Crippen molar-refractivity contribution < 1.29 is 0 Å². The zero-order chi connectivity index (χ0) is 39.6. The molecule has 4 heteroatoms. The molecule has 0 aliphatic carbocycles. The van der Waals surface area contributed by atoms with Crippen molar-refractivity contribution in [3.63, 3.8) is 0 Å². The van der Waals surface area contributed by atoms with Crippen LogP contribution in [-0.4, -0.2) is 19.1 Å². The van der Waals surface area contributed by atoms with Crippen molar-refractivity contribution in [2.24, 2.45) is 0 Å². The van der Waals surface area contributed by atoms with E-state index in [1.807, 2.05) is 12.1 Å². The minimum atomic E-state index is 0.682. The van der Waals surface area contributed by atoms with Crippen molar-refractivity contribution in [2.45, 2.75) is 0 Å². The van der Waals surface area contributed by atoms with Crippen LogP contribution >= 0.6 is 0 Å². The Morgan fingerprint density at radius 1 is 0.267 bits per heavy atom. The molecule has 0 amide bonds. The second-order valence-corrected chi connectivity index (χ2v) is 15.4. The third-order valence-corrected chi connectivity index (χ3v) is 11.9. The Morgan fingerprint density at radius 2 is 0.750 bits per heavy atom. The van der Waals surface area contributed by atoms with E-state index in [-0.39, 0.29) is 0 Å². The molecule has 3 aromatic heterocycles. The van der Waals surface area contributed by atoms with Gasteiger partial charge in [-0.2, -0.15) is 0 Å². The molecule has 0 radical (unpaired) electrons. The first-order chi connectivity index (χ1) is 29.7. The van der Waals surface area contributed by atoms with E-state index in [4.69, 9.17) is 9.97 Å². The highest BCUT2D eigenvalue weighted by molar-refractivity contribution is 6.19. The van der Waals surface area contributed by atoms with Gasteiger partial charge in [0.05, 0.1) is 33.5 Å². The number of hydrogen-bond acceptors (Lipinski definition) is 2. The summed E-state index contributed by atoms with van der Waals surface area (Å²) in [7, 11) is 0. The highest BCUT2D eigenvalue weighted by Crippen LogP contribution is 2.40. The van der Waals surface area contributed by atoms with Crippen LogP contribution in [0.5, 0.6) is 0 Å². The van der Waals surface area contributed by atoms with E-state index in [9.17, 15) is 0 Å². The zero-order valence-corrected chi connectivity index (χ0v) is 32.6. The number of aromatic nitrogens is 4. The molecular weight excluding hydrogens is 729 g/mol. The van der Waals surface area contributed by atoms with Crippen molar-refractivity contribution in [2.75, 3.05) is 0 Å². The van der Waals surface area contributed by atoms with Crippen LogP contribution in [-0.2, 0) is 0 Å². The Kier molecular flexibility index (Phi) is 7.82. The van der Waals surface area contributed by atoms with Crippen molar-refractivity contribution in [1.29, 1.82) is 0 Å². The number of nitrogens with zero attached hydrogens (tertiary/aromatic N) is 4. The molecule has 4 nitrogen and oxygen atoms in total. The minimum Gasteiger partial charge on any atom is -0.309 e. The molecule has 60 heavy (non-hydrogen) atoms. The Hall–Kier alpha value is -8.08. The second-order valence-electron chi connectivity index (χ2n) is 15.4. The van der Waals surface area contributed by atoms with E-state index >= 15 is 0 Å². The Balaban J connectivity index is 1.04. The molecule has 0 aliphatic rings. The Bertz CT molecular complexity index is 3580. The maximum Gasteiger partial charge on any atom is 0.160 e. The molecule has 0 saturated heterocycles. The summed E-state index contributed by atoms with van der Waals surface area (Å²) in [6, 6.07) is 78.0. The zero-order valence-electron chi connectivity index (χ0n) is 32.6. The lowest BCUT2D eigenvalue weighted by molar-refractivity contribution is 1.16. The number of fused-ring (bicyclic) bond motifs is 7. The molecule has 9 aromatic carbocycles. The van der Waals surface area contributed by atoms with E-state index in [2.05, 4.69) is 215 Å². The van der Waals surface area contributed by atoms with Gasteiger partial charge in [0.1, 0.15) is 0 Å². The van der Waals surface area contributed by atoms with Gasteiger partial charge in [0.25, 0.3) is 0 Å². The molecule has 0 spiro atoms. The fraction of sp³-hybridized carbons (Fsp3) is 0. The van der Waals surface area contributed by atoms with Gasteiger partial charge in [-0.25, -0.2) is 9.97 Å². The summed E-state index contributed by atoms with van der Waals surface area (Å²) in [6.07, 6.45) is 0. The van der Waals surface area contributed by atoms with Crippen molar-refractivity contribution in [3.05, 3.63) is 218 Å². The molecular formula is C56H36N4. The first kappa shape index (κ1) is 34.0. The maximum atomic E-state index is 5.25. The lowest BCUT2D eigenvalue weighted by Gasteiger charge is -2.13. The summed E-state index contributed by atoms with van der Waals surface area (Å²) in [6.45, 7) is 0. The number of benzene rings is 9. The predicted molar refractivity (Wildman–Crippen MR) is 250 cm³/mol. The van der Waals surface area contributed by atoms with Gasteiger partial charge in [0, 0.05) is 49.6 Å². The lowest BCUT2D eigenvalue weighted by Crippen LogP contribution is -1.98. The fourth-order valence-corrected chi connectivity index (χ4v) is 9.03. The summed E-state index contributed by atoms with van der Waals surface area (Å²) in [5, 5.41) is 7.32. The van der Waals surface area contributed by atoms with Crippen LogP contribution in [0.3, 0.4) is 0 Å². The van der Waals surface area contributed by atoms with Gasteiger partial charge in [-0.3, -0.25) is 0 Å². The summed E-state index contributed by atoms with van der Waals surface area (Å²) < 4.78 is 4.83. The van der Waals surface area contributed by atoms with Crippen molar-refractivity contribution in [1.82, 2.24) is 19.1 Å². The van der Waals surface area contributed by atoms with Crippen molar-refractivity contribution >= 4 is 54.4 Å². The molecule has 0 N–H and O–H groups in total. The largest absolute Gasteiger partial charge is 0.309 e. The highest BCUT2D eigenvalue weighted by Gasteiger charge is 2.19. The molecule has 0 atom stereocenters. The van der Waals surface area contributed by atoms with E-state index in [0.717, 1.165) is 50.5 Å². The van der Waals surface area contributed by atoms with Crippen LogP contribution in [0.15, 0.2) is 218 Å². The van der Waals surface area contributed by atoms with Gasteiger partial charge in [-0.05, 0) is 76.5 Å². The third-order valence-electron chi connectivity index (χ3n) is 11.9. The first-order valence-corrected chi connectivity index (χ1v) is 20.4. The summed E-state index contributed by atoms with van der Waals surface area (Å²) in [5.74, 6) is 0.682. The van der Waals surface area contributed by atoms with Gasteiger partial charge in [0.15, 0.2) is 5.82 Å². The molecule has 0 saturated carbocycles. The van der Waals surface area contributed by atoms with E-state index < -0.39 is 0 Å². The average Bonchev–Trinajstić information content (AvgIpc) is 3.83. The summed E-state index contributed by atoms with van der Waals surface area (Å²) in [4.78, 5) is 10.5. The van der Waals surface area contributed by atoms with Crippen molar-refractivity contribution in [3.8, 4) is 56.4 Å². The van der Waals surface area contributed by atoms with Crippen LogP contribution in [0.25, 0.3) is 111 Å². The second kappa shape index (κ2) is 13.8. The average molecular weight is 765 g/mol. The third kappa shape index (κ3) is 5.61. The molecule has 12 aromatic rings. The number of rotatable bonds is 6. The SMILES string of the molecule is c1ccc(-c2ccc(-c3cc(-c4ccccc4)nc(-c4cccc(-n5c6ccccc6c6cc7c(cc65)c5ccccc5n7-c5ccc6ccccc6c5)c4)n3)cc2)cc1. The Labute approximate surface area is 346 Å². The monoisotopic (exact) mass is 764 g/mol. The molecule has 0 unspecified atom stereocenters. The number of para-hydroxylation sites is 2. The lowest BCUT2D eigenvalue weighted by atomic mass is 10.0. The molecule has 12 rings (SSSR count). The fourth-order valence-electron chi connectivity index (χ4n) is 9.03. The standard InChI is InChI=1S/C56H36N4/c1-3-14-37(15-4-1)39-26-28-41(29-27-39)51-36-50(40-17-5-2-6-18-40)57-56(58-51)43-20-13-21-44(33-43)59-52-24-11-9-22-46(52)48-35-55-49(34-54(48)59)47-23-10-12-25-53(47)60(55)45-31-30-38-16-7-8-19-42(38)32-45/h1-36H. The summed E-state index contributed by atoms with van der Waals surface area (Å²) >= 11 is 0. The van der Waals surface area contributed by atoms with Gasteiger partial charge in [0.2, 0.25) is 0 Å². The smallest absolute Gasteiger partial charge is 0.160 e. The van der Waals surface area contributed by atoms with Crippen LogP contribution in [0.2, 0.25) is 0 Å². The number of hydrogen-bond donors (Lipinski definition) is 0. The quantitative estimate of drug-likeness (QED) is 0.169. The predicted octanol–water partition coefficient (Wildman–Crippen LogP) is 14.5. The molecule has 0 aliphatic heterocycles. The Morgan fingerprint density at radius 3 is 1.40 bits per heavy atom. The first-order valence-electron chi connectivity index (χ1n) is 20.4. The van der Waals surface area contributed by atoms with Crippen LogP contribution in [0, 0.1) is 0 Å². The summed E-state index contributed by atoms with van der Waals surface area (Å²) in [5.41, 5.74) is 14.1. The van der Waals surface area contributed by atoms with Gasteiger partial charge >= 0.3 is 0 Å². The topological polar surface area (TPSA) is 35.6 Å². The van der Waals surface area contributed by atoms with Gasteiger partial charge in [-0.1, -0.05) is 164 Å². The highest BCUT2D eigenvalue weighted by atomic mass is 15.0.